The Morgan fingerprint density at radius 2 is 2.00 bits per heavy atom. The van der Waals surface area contributed by atoms with Gasteiger partial charge in [0.1, 0.15) is 24.4 Å². The van der Waals surface area contributed by atoms with Crippen LogP contribution in [-0.2, 0) is 14.3 Å². The van der Waals surface area contributed by atoms with E-state index < -0.39 is 49.3 Å². The second-order valence-electron chi connectivity index (χ2n) is 4.12. The largest absolute Gasteiger partial charge is 0.394 e. The van der Waals surface area contributed by atoms with Gasteiger partial charge in [0.05, 0.1) is 6.61 Å². The van der Waals surface area contributed by atoms with Crippen LogP contribution in [0.15, 0.2) is 12.3 Å². The number of aliphatic hydroxyl groups is 4. The van der Waals surface area contributed by atoms with Crippen molar-refractivity contribution >= 4 is 5.91 Å². The summed E-state index contributed by atoms with van der Waals surface area (Å²) in [6, 6.07) is 0. The van der Waals surface area contributed by atoms with Crippen molar-refractivity contribution in [3.63, 3.8) is 0 Å². The number of hydrogen-bond acceptors (Lipinski definition) is 7. The van der Waals surface area contributed by atoms with Crippen molar-refractivity contribution in [2.75, 3.05) is 6.61 Å². The maximum absolute atomic E-state index is 11.3. The number of carbonyl (C=O) groups is 1. The van der Waals surface area contributed by atoms with Gasteiger partial charge in [-0.05, 0) is 6.08 Å². The topological polar surface area (TPSA) is 128 Å². The lowest BCUT2D eigenvalue weighted by Gasteiger charge is -2.40. The highest BCUT2D eigenvalue weighted by molar-refractivity contribution is 5.86. The fourth-order valence-electron chi connectivity index (χ4n) is 1.82. The predicted octanol–water partition coefficient (Wildman–Crippen LogP) is -3.18. The zero-order chi connectivity index (χ0) is 13.3. The molecule has 0 spiro atoms. The predicted molar refractivity (Wildman–Crippen MR) is 55.9 cm³/mol. The standard InChI is InChI=1S/C10H15NO7/c12-3-5-6(13)7(14)8(15)10(18-5)17-4-1-2-11-9(4)16/h1-2,4-8,10,12-15H,3H2,(H,11,16)/t4?,5-,6-,7+,8-,10-/m1/s1. The van der Waals surface area contributed by atoms with Gasteiger partial charge in [0.15, 0.2) is 12.4 Å². The Balaban J connectivity index is 2.03. The minimum atomic E-state index is -1.52. The van der Waals surface area contributed by atoms with Crippen LogP contribution >= 0.6 is 0 Å². The molecule has 5 N–H and O–H groups in total. The molecule has 1 unspecified atom stereocenters. The summed E-state index contributed by atoms with van der Waals surface area (Å²) in [4.78, 5) is 11.3. The molecule has 102 valence electrons. The van der Waals surface area contributed by atoms with E-state index in [2.05, 4.69) is 5.32 Å². The van der Waals surface area contributed by atoms with Crippen LogP contribution in [0.1, 0.15) is 0 Å². The highest BCUT2D eigenvalue weighted by Gasteiger charge is 2.45. The van der Waals surface area contributed by atoms with Crippen molar-refractivity contribution in [3.8, 4) is 0 Å². The third-order valence-electron chi connectivity index (χ3n) is 2.88. The van der Waals surface area contributed by atoms with E-state index in [1.807, 2.05) is 0 Å². The summed E-state index contributed by atoms with van der Waals surface area (Å²) in [7, 11) is 0. The van der Waals surface area contributed by atoms with Crippen molar-refractivity contribution in [3.05, 3.63) is 12.3 Å². The van der Waals surface area contributed by atoms with E-state index in [0.29, 0.717) is 0 Å². The Hall–Kier alpha value is -1.03. The van der Waals surface area contributed by atoms with Gasteiger partial charge in [-0.15, -0.1) is 0 Å². The van der Waals surface area contributed by atoms with Gasteiger partial charge >= 0.3 is 0 Å². The molecule has 18 heavy (non-hydrogen) atoms. The minimum Gasteiger partial charge on any atom is -0.394 e. The summed E-state index contributed by atoms with van der Waals surface area (Å²) in [6.07, 6.45) is -4.97. The molecule has 1 amide bonds. The van der Waals surface area contributed by atoms with Gasteiger partial charge in [0.25, 0.3) is 5.91 Å². The monoisotopic (exact) mass is 261 g/mol. The summed E-state index contributed by atoms with van der Waals surface area (Å²) in [6.45, 7) is -0.544. The Morgan fingerprint density at radius 1 is 1.28 bits per heavy atom. The molecule has 6 atom stereocenters. The Labute approximate surface area is 102 Å². The Morgan fingerprint density at radius 3 is 2.56 bits per heavy atom. The Bertz CT molecular complexity index is 345. The molecule has 0 aromatic rings. The molecule has 8 heteroatoms. The van der Waals surface area contributed by atoms with Gasteiger partial charge < -0.3 is 35.2 Å². The first-order valence-corrected chi connectivity index (χ1v) is 5.47. The molecule has 2 aliphatic heterocycles. The van der Waals surface area contributed by atoms with Crippen molar-refractivity contribution in [2.45, 2.75) is 36.8 Å². The van der Waals surface area contributed by atoms with Crippen LogP contribution in [0.4, 0.5) is 0 Å². The van der Waals surface area contributed by atoms with E-state index >= 15 is 0 Å². The average molecular weight is 261 g/mol. The molecule has 1 saturated heterocycles. The molecule has 0 aromatic carbocycles. The summed E-state index contributed by atoms with van der Waals surface area (Å²) < 4.78 is 10.3. The minimum absolute atomic E-state index is 0.424. The second-order valence-corrected chi connectivity index (χ2v) is 4.12. The summed E-state index contributed by atoms with van der Waals surface area (Å²) in [5.41, 5.74) is 0. The van der Waals surface area contributed by atoms with E-state index in [1.54, 1.807) is 0 Å². The third kappa shape index (κ3) is 2.39. The van der Waals surface area contributed by atoms with Gasteiger partial charge in [-0.1, -0.05) is 0 Å². The summed E-state index contributed by atoms with van der Waals surface area (Å²) in [5, 5.41) is 40.1. The number of aliphatic hydroxyl groups excluding tert-OH is 4. The zero-order valence-corrected chi connectivity index (χ0v) is 9.34. The molecule has 2 aliphatic rings. The number of hydrogen-bond donors (Lipinski definition) is 5. The number of carbonyl (C=O) groups excluding carboxylic acids is 1. The van der Waals surface area contributed by atoms with Crippen molar-refractivity contribution < 1.29 is 34.7 Å². The first kappa shape index (κ1) is 13.4. The number of amides is 1. The molecule has 0 aliphatic carbocycles. The maximum atomic E-state index is 11.3. The van der Waals surface area contributed by atoms with Crippen LogP contribution in [-0.4, -0.2) is 69.8 Å². The molecule has 1 fully saturated rings. The van der Waals surface area contributed by atoms with E-state index in [9.17, 15) is 20.1 Å². The molecular formula is C10H15NO7. The van der Waals surface area contributed by atoms with Crippen LogP contribution < -0.4 is 5.32 Å². The lowest BCUT2D eigenvalue weighted by Crippen LogP contribution is -2.59. The van der Waals surface area contributed by atoms with Gasteiger partial charge in [-0.3, -0.25) is 4.79 Å². The average Bonchev–Trinajstić information content (AvgIpc) is 2.76. The highest BCUT2D eigenvalue weighted by Crippen LogP contribution is 2.23. The van der Waals surface area contributed by atoms with Crippen LogP contribution in [0.2, 0.25) is 0 Å². The molecule has 8 nitrogen and oxygen atoms in total. The number of rotatable bonds is 3. The van der Waals surface area contributed by atoms with Gasteiger partial charge in [0.2, 0.25) is 0 Å². The van der Waals surface area contributed by atoms with E-state index in [0.717, 1.165) is 0 Å². The Kier molecular flexibility index (Phi) is 3.95. The lowest BCUT2D eigenvalue weighted by atomic mass is 9.99. The van der Waals surface area contributed by atoms with E-state index in [1.165, 1.54) is 12.3 Å². The van der Waals surface area contributed by atoms with Gasteiger partial charge in [-0.2, -0.15) is 0 Å². The number of nitrogens with one attached hydrogen (secondary N) is 1. The van der Waals surface area contributed by atoms with Gasteiger partial charge in [-0.25, -0.2) is 0 Å². The van der Waals surface area contributed by atoms with Crippen LogP contribution in [0.25, 0.3) is 0 Å². The SMILES string of the molecule is O=C1NC=CC1O[C@@H]1O[C@H](CO)[C@@H](O)[C@H](O)[C@H]1O. The van der Waals surface area contributed by atoms with Crippen LogP contribution in [0.3, 0.4) is 0 Å². The van der Waals surface area contributed by atoms with Crippen molar-refractivity contribution in [1.82, 2.24) is 5.32 Å². The first-order valence-electron chi connectivity index (χ1n) is 5.47. The molecule has 2 rings (SSSR count). The first-order chi connectivity index (χ1) is 8.54. The van der Waals surface area contributed by atoms with Gasteiger partial charge in [0, 0.05) is 6.20 Å². The fraction of sp³-hybridized carbons (Fsp3) is 0.700. The zero-order valence-electron chi connectivity index (χ0n) is 9.34. The van der Waals surface area contributed by atoms with Crippen molar-refractivity contribution in [1.29, 1.82) is 0 Å². The molecule has 0 saturated carbocycles. The lowest BCUT2D eigenvalue weighted by molar-refractivity contribution is -0.304. The second kappa shape index (κ2) is 5.31. The van der Waals surface area contributed by atoms with Crippen molar-refractivity contribution in [2.24, 2.45) is 0 Å². The quantitative estimate of drug-likeness (QED) is 0.362. The highest BCUT2D eigenvalue weighted by atomic mass is 16.7. The molecular weight excluding hydrogens is 246 g/mol. The molecule has 0 radical (unpaired) electrons. The summed E-state index contributed by atoms with van der Waals surface area (Å²) in [5.74, 6) is -0.424. The fourth-order valence-corrected chi connectivity index (χ4v) is 1.82. The maximum Gasteiger partial charge on any atom is 0.257 e. The van der Waals surface area contributed by atoms with Crippen LogP contribution in [0, 0.1) is 0 Å². The summed E-state index contributed by atoms with van der Waals surface area (Å²) >= 11 is 0. The number of ether oxygens (including phenoxy) is 2. The molecule has 2 heterocycles. The van der Waals surface area contributed by atoms with E-state index in [-0.39, 0.29) is 0 Å². The smallest absolute Gasteiger partial charge is 0.257 e. The third-order valence-corrected chi connectivity index (χ3v) is 2.88. The molecule has 0 aromatic heterocycles. The van der Waals surface area contributed by atoms with Crippen LogP contribution in [0.5, 0.6) is 0 Å². The molecule has 0 bridgehead atoms. The van der Waals surface area contributed by atoms with E-state index in [4.69, 9.17) is 14.6 Å². The normalized spacial score (nSPS) is 44.1.